The zero-order chi connectivity index (χ0) is 23.2. The second kappa shape index (κ2) is 8.41. The predicted octanol–water partition coefficient (Wildman–Crippen LogP) is 3.98. The Morgan fingerprint density at radius 1 is 1.18 bits per heavy atom. The third-order valence-corrected chi connectivity index (χ3v) is 6.48. The van der Waals surface area contributed by atoms with E-state index in [9.17, 15) is 4.79 Å². The first-order valence-corrected chi connectivity index (χ1v) is 11.8. The zero-order valence-corrected chi connectivity index (χ0v) is 19.8. The number of aromatic nitrogens is 4. The Morgan fingerprint density at radius 2 is 1.94 bits per heavy atom. The fraction of sp³-hybridized carbons (Fsp3) is 0.520. The number of carbonyl (C=O) groups excluding carboxylic acids is 1. The van der Waals surface area contributed by atoms with Crippen molar-refractivity contribution in [2.24, 2.45) is 11.3 Å². The highest BCUT2D eigenvalue weighted by Gasteiger charge is 2.36. The van der Waals surface area contributed by atoms with Crippen molar-refractivity contribution < 1.29 is 9.32 Å². The molecule has 1 aromatic carbocycles. The van der Waals surface area contributed by atoms with E-state index in [2.05, 4.69) is 24.9 Å². The van der Waals surface area contributed by atoms with E-state index < -0.39 is 6.04 Å². The Kier molecular flexibility index (Phi) is 5.56. The summed E-state index contributed by atoms with van der Waals surface area (Å²) in [6, 6.07) is 9.68. The highest BCUT2D eigenvalue weighted by atomic mass is 16.5. The van der Waals surface area contributed by atoms with E-state index in [1.165, 1.54) is 12.8 Å². The lowest BCUT2D eigenvalue weighted by atomic mass is 9.86. The molecule has 3 aromatic rings. The molecule has 1 atom stereocenters. The molecular weight excluding hydrogens is 416 g/mol. The maximum atomic E-state index is 13.6. The van der Waals surface area contributed by atoms with Crippen molar-refractivity contribution in [2.45, 2.75) is 59.7 Å². The maximum Gasteiger partial charge on any atom is 0.272 e. The van der Waals surface area contributed by atoms with Crippen molar-refractivity contribution in [1.82, 2.24) is 29.9 Å². The molecule has 1 aliphatic heterocycles. The Bertz CT molecular complexity index is 1140. The summed E-state index contributed by atoms with van der Waals surface area (Å²) in [5, 5.41) is 7.08. The number of fused-ring (bicyclic) bond motifs is 1. The Morgan fingerprint density at radius 3 is 2.58 bits per heavy atom. The van der Waals surface area contributed by atoms with E-state index in [1.807, 2.05) is 51.1 Å². The van der Waals surface area contributed by atoms with Gasteiger partial charge in [-0.25, -0.2) is 4.98 Å². The molecular formula is C25H32N6O2. The molecule has 8 heteroatoms. The van der Waals surface area contributed by atoms with Gasteiger partial charge in [-0.15, -0.1) is 0 Å². The molecule has 1 aliphatic carbocycles. The van der Waals surface area contributed by atoms with Crippen LogP contribution in [0.3, 0.4) is 0 Å². The average Bonchev–Trinajstić information content (AvgIpc) is 3.36. The number of nitrogens with zero attached hydrogens (tertiary/aromatic N) is 5. The van der Waals surface area contributed by atoms with E-state index in [4.69, 9.17) is 9.51 Å². The number of benzene rings is 1. The van der Waals surface area contributed by atoms with Gasteiger partial charge in [0, 0.05) is 31.7 Å². The van der Waals surface area contributed by atoms with Gasteiger partial charge in [-0.05, 0) is 31.1 Å². The lowest BCUT2D eigenvalue weighted by Gasteiger charge is -2.30. The van der Waals surface area contributed by atoms with Gasteiger partial charge in [0.15, 0.2) is 11.5 Å². The van der Waals surface area contributed by atoms with Crippen LogP contribution in [0.4, 0.5) is 0 Å². The summed E-state index contributed by atoms with van der Waals surface area (Å²) in [6.07, 6.45) is 2.63. The highest BCUT2D eigenvalue weighted by Crippen LogP contribution is 2.34. The number of rotatable bonds is 6. The third kappa shape index (κ3) is 4.57. The minimum atomic E-state index is -0.421. The maximum absolute atomic E-state index is 13.6. The summed E-state index contributed by atoms with van der Waals surface area (Å²) < 4.78 is 7.65. The number of hydrogen-bond donors (Lipinski definition) is 1. The van der Waals surface area contributed by atoms with Crippen molar-refractivity contribution >= 4 is 5.91 Å². The minimum Gasteiger partial charge on any atom is -0.338 e. The van der Waals surface area contributed by atoms with Gasteiger partial charge in [0.25, 0.3) is 5.91 Å². The topological polar surface area (TPSA) is 89.1 Å². The van der Waals surface area contributed by atoms with Crippen LogP contribution in [0.2, 0.25) is 0 Å². The molecule has 33 heavy (non-hydrogen) atoms. The zero-order valence-electron chi connectivity index (χ0n) is 19.8. The quantitative estimate of drug-likeness (QED) is 0.613. The first-order chi connectivity index (χ1) is 15.8. The highest BCUT2D eigenvalue weighted by molar-refractivity contribution is 5.94. The fourth-order valence-electron chi connectivity index (χ4n) is 4.51. The fourth-order valence-corrected chi connectivity index (χ4v) is 4.51. The molecule has 174 valence electrons. The van der Waals surface area contributed by atoms with Gasteiger partial charge in [-0.2, -0.15) is 4.98 Å². The van der Waals surface area contributed by atoms with Crippen LogP contribution in [0.1, 0.15) is 67.6 Å². The first-order valence-electron chi connectivity index (χ1n) is 11.8. The van der Waals surface area contributed by atoms with Gasteiger partial charge >= 0.3 is 0 Å². The average molecular weight is 449 g/mol. The summed E-state index contributed by atoms with van der Waals surface area (Å²) in [5.41, 5.74) is 2.18. The van der Waals surface area contributed by atoms with Crippen LogP contribution in [0.5, 0.6) is 0 Å². The van der Waals surface area contributed by atoms with E-state index in [1.54, 1.807) is 6.92 Å². The Labute approximate surface area is 194 Å². The van der Waals surface area contributed by atoms with Gasteiger partial charge in [-0.1, -0.05) is 56.3 Å². The largest absolute Gasteiger partial charge is 0.338 e. The standard InChI is InChI=1S/C25H32N6O2/c1-16-26-24(33-29-16)21(25(2,3)4)28-23(32)20-19-15-30(14-17-10-11-17)12-13-31(19)22(27-20)18-8-6-5-7-9-18/h5-9,17,21H,10-15H2,1-4H3,(H,28,32). The SMILES string of the molecule is Cc1noc(C(NC(=O)c2nc(-c3ccccc3)n3c2CN(CC2CC2)CC3)C(C)(C)C)n1. The summed E-state index contributed by atoms with van der Waals surface area (Å²) >= 11 is 0. The Hall–Kier alpha value is -3.00. The number of imidazole rings is 1. The molecule has 1 saturated carbocycles. The molecule has 8 nitrogen and oxygen atoms in total. The monoisotopic (exact) mass is 448 g/mol. The van der Waals surface area contributed by atoms with Crippen molar-refractivity contribution in [2.75, 3.05) is 13.1 Å². The second-order valence-electron chi connectivity index (χ2n) is 10.4. The van der Waals surface area contributed by atoms with Crippen LogP contribution in [0.15, 0.2) is 34.9 Å². The predicted molar refractivity (Wildman–Crippen MR) is 124 cm³/mol. The van der Waals surface area contributed by atoms with Crippen LogP contribution in [-0.4, -0.2) is 43.6 Å². The van der Waals surface area contributed by atoms with E-state index in [0.29, 0.717) is 17.4 Å². The van der Waals surface area contributed by atoms with Gasteiger partial charge in [0.1, 0.15) is 11.9 Å². The lowest BCUT2D eigenvalue weighted by molar-refractivity contribution is 0.0872. The molecule has 1 N–H and O–H groups in total. The molecule has 0 radical (unpaired) electrons. The number of hydrogen-bond acceptors (Lipinski definition) is 6. The molecule has 1 amide bonds. The van der Waals surface area contributed by atoms with Crippen LogP contribution < -0.4 is 5.32 Å². The number of carbonyl (C=O) groups is 1. The van der Waals surface area contributed by atoms with Crippen LogP contribution in [-0.2, 0) is 13.1 Å². The molecule has 1 unspecified atom stereocenters. The van der Waals surface area contributed by atoms with Crippen molar-refractivity contribution in [3.63, 3.8) is 0 Å². The molecule has 0 saturated heterocycles. The molecule has 5 rings (SSSR count). The number of nitrogens with one attached hydrogen (secondary N) is 1. The van der Waals surface area contributed by atoms with Gasteiger partial charge in [-0.3, -0.25) is 9.69 Å². The summed E-state index contributed by atoms with van der Waals surface area (Å²) in [5.74, 6) is 2.42. The smallest absolute Gasteiger partial charge is 0.272 e. The van der Waals surface area contributed by atoms with Crippen molar-refractivity contribution in [3.8, 4) is 11.4 Å². The third-order valence-electron chi connectivity index (χ3n) is 6.48. The van der Waals surface area contributed by atoms with E-state index in [0.717, 1.165) is 49.2 Å². The van der Waals surface area contributed by atoms with Crippen LogP contribution >= 0.6 is 0 Å². The normalized spacial score (nSPS) is 17.6. The summed E-state index contributed by atoms with van der Waals surface area (Å²) in [6.45, 7) is 11.6. The van der Waals surface area contributed by atoms with Gasteiger partial charge in [0.05, 0.1) is 5.69 Å². The van der Waals surface area contributed by atoms with E-state index >= 15 is 0 Å². The molecule has 1 fully saturated rings. The van der Waals surface area contributed by atoms with E-state index in [-0.39, 0.29) is 11.3 Å². The molecule has 2 aliphatic rings. The molecule has 0 spiro atoms. The van der Waals surface area contributed by atoms with Crippen LogP contribution in [0.25, 0.3) is 11.4 Å². The summed E-state index contributed by atoms with van der Waals surface area (Å²) in [7, 11) is 0. The van der Waals surface area contributed by atoms with Crippen molar-refractivity contribution in [1.29, 1.82) is 0 Å². The molecule has 2 aromatic heterocycles. The minimum absolute atomic E-state index is 0.204. The number of amides is 1. The van der Waals surface area contributed by atoms with Gasteiger partial charge < -0.3 is 14.4 Å². The number of aryl methyl sites for hydroxylation is 1. The Balaban J connectivity index is 1.49. The first kappa shape index (κ1) is 21.8. The molecule has 0 bridgehead atoms. The van der Waals surface area contributed by atoms with Crippen molar-refractivity contribution in [3.05, 3.63) is 53.4 Å². The van der Waals surface area contributed by atoms with Crippen LogP contribution in [0, 0.1) is 18.3 Å². The lowest BCUT2D eigenvalue weighted by Crippen LogP contribution is -2.39. The van der Waals surface area contributed by atoms with Gasteiger partial charge in [0.2, 0.25) is 5.89 Å². The summed E-state index contributed by atoms with van der Waals surface area (Å²) in [4.78, 5) is 25.4. The second-order valence-corrected chi connectivity index (χ2v) is 10.4. The molecule has 3 heterocycles.